The number of pyridine rings is 1. The molecular formula is C15H13N3O3. The van der Waals surface area contributed by atoms with Crippen molar-refractivity contribution in [3.8, 4) is 11.5 Å². The summed E-state index contributed by atoms with van der Waals surface area (Å²) in [7, 11) is 0. The van der Waals surface area contributed by atoms with Gasteiger partial charge in [-0.25, -0.2) is 4.98 Å². The monoisotopic (exact) mass is 283 g/mol. The molecule has 0 aromatic carbocycles. The van der Waals surface area contributed by atoms with Gasteiger partial charge in [0, 0.05) is 6.54 Å². The number of carbonyl (C=O) groups is 1. The molecule has 0 atom stereocenters. The first-order valence-electron chi connectivity index (χ1n) is 6.40. The van der Waals surface area contributed by atoms with Gasteiger partial charge in [-0.3, -0.25) is 4.79 Å². The summed E-state index contributed by atoms with van der Waals surface area (Å²) in [6.45, 7) is 5.73. The van der Waals surface area contributed by atoms with Gasteiger partial charge in [-0.1, -0.05) is 11.2 Å². The van der Waals surface area contributed by atoms with E-state index < -0.39 is 0 Å². The summed E-state index contributed by atoms with van der Waals surface area (Å²) in [4.78, 5) is 16.6. The van der Waals surface area contributed by atoms with Crippen LogP contribution < -0.4 is 5.32 Å². The third-order valence-corrected chi connectivity index (χ3v) is 3.04. The molecule has 106 valence electrons. The van der Waals surface area contributed by atoms with Crippen molar-refractivity contribution in [3.63, 3.8) is 0 Å². The quantitative estimate of drug-likeness (QED) is 0.744. The van der Waals surface area contributed by atoms with Gasteiger partial charge in [0.1, 0.15) is 5.69 Å². The minimum Gasteiger partial charge on any atom is -0.463 e. The molecule has 1 amide bonds. The highest BCUT2D eigenvalue weighted by Gasteiger charge is 2.19. The van der Waals surface area contributed by atoms with E-state index in [2.05, 4.69) is 22.0 Å². The van der Waals surface area contributed by atoms with Crippen LogP contribution in [0.3, 0.4) is 0 Å². The predicted molar refractivity (Wildman–Crippen MR) is 76.8 cm³/mol. The molecular weight excluding hydrogens is 270 g/mol. The Kier molecular flexibility index (Phi) is 3.27. The van der Waals surface area contributed by atoms with E-state index in [0.29, 0.717) is 40.4 Å². The van der Waals surface area contributed by atoms with Crippen LogP contribution in [0, 0.1) is 6.92 Å². The molecule has 0 unspecified atom stereocenters. The molecule has 3 heterocycles. The second-order valence-electron chi connectivity index (χ2n) is 4.48. The van der Waals surface area contributed by atoms with Crippen LogP contribution in [0.4, 0.5) is 0 Å². The van der Waals surface area contributed by atoms with Gasteiger partial charge in [0.15, 0.2) is 5.76 Å². The van der Waals surface area contributed by atoms with E-state index in [1.54, 1.807) is 37.5 Å². The first-order valence-corrected chi connectivity index (χ1v) is 6.40. The van der Waals surface area contributed by atoms with E-state index in [1.807, 2.05) is 0 Å². The van der Waals surface area contributed by atoms with E-state index in [0.717, 1.165) is 0 Å². The molecule has 3 aromatic heterocycles. The lowest BCUT2D eigenvalue weighted by atomic mass is 10.1. The van der Waals surface area contributed by atoms with E-state index in [9.17, 15) is 4.79 Å². The maximum Gasteiger partial charge on any atom is 0.259 e. The first kappa shape index (κ1) is 13.1. The van der Waals surface area contributed by atoms with Crippen molar-refractivity contribution in [3.05, 3.63) is 48.4 Å². The molecule has 0 aliphatic carbocycles. The minimum atomic E-state index is -0.235. The lowest BCUT2D eigenvalue weighted by Gasteiger charge is -2.05. The van der Waals surface area contributed by atoms with Gasteiger partial charge < -0.3 is 14.3 Å². The van der Waals surface area contributed by atoms with Gasteiger partial charge in [-0.05, 0) is 25.1 Å². The van der Waals surface area contributed by atoms with Crippen LogP contribution >= 0.6 is 0 Å². The number of aryl methyl sites for hydroxylation is 1. The van der Waals surface area contributed by atoms with Crippen LogP contribution in [-0.2, 0) is 0 Å². The van der Waals surface area contributed by atoms with E-state index in [4.69, 9.17) is 8.94 Å². The predicted octanol–water partition coefficient (Wildman–Crippen LogP) is 2.71. The average molecular weight is 283 g/mol. The topological polar surface area (TPSA) is 81.2 Å². The van der Waals surface area contributed by atoms with Gasteiger partial charge in [-0.2, -0.15) is 0 Å². The summed E-state index contributed by atoms with van der Waals surface area (Å²) in [5, 5.41) is 7.22. The zero-order chi connectivity index (χ0) is 14.8. The van der Waals surface area contributed by atoms with Crippen molar-refractivity contribution in [2.45, 2.75) is 6.92 Å². The Morgan fingerprint density at radius 2 is 2.38 bits per heavy atom. The normalized spacial score (nSPS) is 10.7. The fraction of sp³-hybridized carbons (Fsp3) is 0.133. The van der Waals surface area contributed by atoms with Crippen molar-refractivity contribution < 1.29 is 13.7 Å². The smallest absolute Gasteiger partial charge is 0.259 e. The van der Waals surface area contributed by atoms with Crippen molar-refractivity contribution in [2.75, 3.05) is 6.54 Å². The summed E-state index contributed by atoms with van der Waals surface area (Å²) >= 11 is 0. The highest BCUT2D eigenvalue weighted by molar-refractivity contribution is 6.06. The first-order chi connectivity index (χ1) is 10.2. The number of amides is 1. The third kappa shape index (κ3) is 2.31. The van der Waals surface area contributed by atoms with Crippen LogP contribution in [0.2, 0.25) is 0 Å². The molecule has 21 heavy (non-hydrogen) atoms. The number of carbonyl (C=O) groups excluding carboxylic acids is 1. The van der Waals surface area contributed by atoms with Gasteiger partial charge in [0.25, 0.3) is 11.6 Å². The summed E-state index contributed by atoms with van der Waals surface area (Å²) in [5.41, 5.74) is 1.90. The number of nitrogens with one attached hydrogen (secondary N) is 1. The maximum atomic E-state index is 12.3. The van der Waals surface area contributed by atoms with Crippen LogP contribution in [0.1, 0.15) is 16.1 Å². The lowest BCUT2D eigenvalue weighted by molar-refractivity contribution is 0.0959. The Morgan fingerprint density at radius 1 is 1.52 bits per heavy atom. The number of aromatic nitrogens is 2. The molecule has 0 radical (unpaired) electrons. The standard InChI is InChI=1S/C15H13N3O3/c1-3-6-16-14(19)10-8-11(12-5-4-7-20-12)17-15-13(10)9(2)18-21-15/h3-5,7-8H,1,6H2,2H3,(H,16,19). The molecule has 3 rings (SSSR count). The number of fused-ring (bicyclic) bond motifs is 1. The lowest BCUT2D eigenvalue weighted by Crippen LogP contribution is -2.23. The number of hydrogen-bond acceptors (Lipinski definition) is 5. The Morgan fingerprint density at radius 3 is 3.10 bits per heavy atom. The summed E-state index contributed by atoms with van der Waals surface area (Å²) in [5.74, 6) is 0.324. The zero-order valence-electron chi connectivity index (χ0n) is 11.4. The second-order valence-corrected chi connectivity index (χ2v) is 4.48. The molecule has 1 N–H and O–H groups in total. The Balaban J connectivity index is 2.17. The molecule has 0 fully saturated rings. The molecule has 6 nitrogen and oxygen atoms in total. The second kappa shape index (κ2) is 5.24. The highest BCUT2D eigenvalue weighted by Crippen LogP contribution is 2.27. The van der Waals surface area contributed by atoms with E-state index in [-0.39, 0.29) is 5.91 Å². The van der Waals surface area contributed by atoms with Gasteiger partial charge >= 0.3 is 0 Å². The maximum absolute atomic E-state index is 12.3. The fourth-order valence-corrected chi connectivity index (χ4v) is 2.08. The summed E-state index contributed by atoms with van der Waals surface area (Å²) in [6, 6.07) is 5.19. The largest absolute Gasteiger partial charge is 0.463 e. The van der Waals surface area contributed by atoms with Crippen LogP contribution in [0.15, 0.2) is 46.1 Å². The summed E-state index contributed by atoms with van der Waals surface area (Å²) in [6.07, 6.45) is 3.16. The molecule has 0 spiro atoms. The number of furan rings is 1. The number of rotatable bonds is 4. The Bertz CT molecular complexity index is 803. The van der Waals surface area contributed by atoms with Crippen molar-refractivity contribution in [2.24, 2.45) is 0 Å². The molecule has 3 aromatic rings. The number of nitrogens with zero attached hydrogens (tertiary/aromatic N) is 2. The van der Waals surface area contributed by atoms with Gasteiger partial charge in [-0.15, -0.1) is 6.58 Å². The average Bonchev–Trinajstić information content (AvgIpc) is 3.14. The molecule has 0 saturated heterocycles. The third-order valence-electron chi connectivity index (χ3n) is 3.04. The molecule has 6 heteroatoms. The minimum absolute atomic E-state index is 0.235. The molecule has 0 aliphatic rings. The van der Waals surface area contributed by atoms with E-state index in [1.165, 1.54) is 0 Å². The van der Waals surface area contributed by atoms with Crippen LogP contribution in [0.5, 0.6) is 0 Å². The highest BCUT2D eigenvalue weighted by atomic mass is 16.5. The SMILES string of the molecule is C=CCNC(=O)c1cc(-c2ccco2)nc2onc(C)c12. The van der Waals surface area contributed by atoms with Crippen molar-refractivity contribution >= 4 is 17.0 Å². The zero-order valence-corrected chi connectivity index (χ0v) is 11.4. The van der Waals surface area contributed by atoms with Gasteiger partial charge in [0.05, 0.1) is 22.9 Å². The molecule has 0 bridgehead atoms. The Hall–Kier alpha value is -2.89. The summed E-state index contributed by atoms with van der Waals surface area (Å²) < 4.78 is 10.5. The van der Waals surface area contributed by atoms with Crippen LogP contribution in [0.25, 0.3) is 22.6 Å². The fourth-order valence-electron chi connectivity index (χ4n) is 2.08. The van der Waals surface area contributed by atoms with Crippen molar-refractivity contribution in [1.29, 1.82) is 0 Å². The molecule has 0 aliphatic heterocycles. The van der Waals surface area contributed by atoms with Crippen LogP contribution in [-0.4, -0.2) is 22.6 Å². The van der Waals surface area contributed by atoms with Gasteiger partial charge in [0.2, 0.25) is 0 Å². The van der Waals surface area contributed by atoms with Crippen molar-refractivity contribution in [1.82, 2.24) is 15.5 Å². The number of hydrogen-bond donors (Lipinski definition) is 1. The van der Waals surface area contributed by atoms with E-state index >= 15 is 0 Å². The Labute approximate surface area is 120 Å². The molecule has 0 saturated carbocycles.